The van der Waals surface area contributed by atoms with Crippen LogP contribution in [0.2, 0.25) is 0 Å². The van der Waals surface area contributed by atoms with E-state index in [4.69, 9.17) is 10.3 Å². The van der Waals surface area contributed by atoms with Gasteiger partial charge in [-0.1, -0.05) is 25.1 Å². The van der Waals surface area contributed by atoms with E-state index in [1.807, 2.05) is 18.2 Å². The van der Waals surface area contributed by atoms with Crippen molar-refractivity contribution in [3.63, 3.8) is 0 Å². The van der Waals surface area contributed by atoms with Gasteiger partial charge in [-0.2, -0.15) is 0 Å². The minimum atomic E-state index is 0.272. The van der Waals surface area contributed by atoms with Gasteiger partial charge in [0.1, 0.15) is 5.69 Å². The van der Waals surface area contributed by atoms with E-state index in [0.717, 1.165) is 17.0 Å². The molecule has 2 aromatic rings. The number of nitrogens with zero attached hydrogens (tertiary/aromatic N) is 2. The molecule has 78 valence electrons. The van der Waals surface area contributed by atoms with Gasteiger partial charge in [0.25, 0.3) is 0 Å². The maximum absolute atomic E-state index is 5.72. The molecule has 0 saturated heterocycles. The zero-order valence-electron chi connectivity index (χ0n) is 8.77. The number of nitrogens with two attached hydrogens (primary N) is 1. The van der Waals surface area contributed by atoms with Crippen LogP contribution in [0.1, 0.15) is 25.3 Å². The number of hydrogen-bond donors (Lipinski definition) is 1. The fraction of sp³-hybridized carbons (Fsp3) is 0.273. The number of pyridine rings is 1. The monoisotopic (exact) mass is 203 g/mol. The van der Waals surface area contributed by atoms with Gasteiger partial charge in [0.05, 0.1) is 5.69 Å². The molecule has 0 atom stereocenters. The van der Waals surface area contributed by atoms with Crippen LogP contribution in [-0.4, -0.2) is 10.1 Å². The van der Waals surface area contributed by atoms with Gasteiger partial charge in [-0.25, -0.2) is 0 Å². The largest absolute Gasteiger partial charge is 0.367 e. The Kier molecular flexibility index (Phi) is 2.41. The fourth-order valence-electron chi connectivity index (χ4n) is 1.56. The third kappa shape index (κ3) is 1.70. The highest BCUT2D eigenvalue weighted by atomic mass is 16.5. The van der Waals surface area contributed by atoms with E-state index in [0.29, 0.717) is 5.88 Å². The van der Waals surface area contributed by atoms with Crippen molar-refractivity contribution in [1.82, 2.24) is 10.1 Å². The second-order valence-electron chi connectivity index (χ2n) is 3.68. The van der Waals surface area contributed by atoms with Crippen LogP contribution in [0.15, 0.2) is 28.9 Å². The molecule has 0 radical (unpaired) electrons. The zero-order chi connectivity index (χ0) is 10.8. The third-order valence-electron chi connectivity index (χ3n) is 2.24. The lowest BCUT2D eigenvalue weighted by Crippen LogP contribution is -1.95. The molecule has 0 saturated carbocycles. The Bertz CT molecular complexity index is 448. The van der Waals surface area contributed by atoms with Crippen molar-refractivity contribution in [2.75, 3.05) is 5.73 Å². The van der Waals surface area contributed by atoms with Gasteiger partial charge in [-0.05, 0) is 18.1 Å². The Balaban J connectivity index is 2.54. The summed E-state index contributed by atoms with van der Waals surface area (Å²) < 4.78 is 5.00. The number of rotatable bonds is 2. The predicted molar refractivity (Wildman–Crippen MR) is 58.2 cm³/mol. The molecule has 4 nitrogen and oxygen atoms in total. The molecule has 0 spiro atoms. The molecule has 2 aromatic heterocycles. The number of hydrogen-bond acceptors (Lipinski definition) is 4. The van der Waals surface area contributed by atoms with Crippen LogP contribution in [0.4, 0.5) is 5.88 Å². The summed E-state index contributed by atoms with van der Waals surface area (Å²) >= 11 is 0. The van der Waals surface area contributed by atoms with Crippen LogP contribution in [0.3, 0.4) is 0 Å². The van der Waals surface area contributed by atoms with E-state index in [1.54, 1.807) is 6.20 Å². The molecule has 2 rings (SSSR count). The summed E-state index contributed by atoms with van der Waals surface area (Å²) in [5.74, 6) is 0.652. The standard InChI is InChI=1S/C11H13N3O/c1-7(2)9-10(14-15-11(9)12)8-5-3-4-6-13-8/h3-7H,12H2,1-2H3. The fourth-order valence-corrected chi connectivity index (χ4v) is 1.56. The second-order valence-corrected chi connectivity index (χ2v) is 3.68. The minimum Gasteiger partial charge on any atom is -0.367 e. The Morgan fingerprint density at radius 2 is 2.13 bits per heavy atom. The van der Waals surface area contributed by atoms with Crippen LogP contribution < -0.4 is 5.73 Å². The molecule has 0 aromatic carbocycles. The molecule has 2 heterocycles. The predicted octanol–water partition coefficient (Wildman–Crippen LogP) is 2.44. The summed E-state index contributed by atoms with van der Waals surface area (Å²) in [7, 11) is 0. The van der Waals surface area contributed by atoms with Crippen molar-refractivity contribution in [3.05, 3.63) is 30.0 Å². The van der Waals surface area contributed by atoms with Crippen molar-refractivity contribution in [3.8, 4) is 11.4 Å². The van der Waals surface area contributed by atoms with E-state index in [1.165, 1.54) is 0 Å². The number of nitrogen functional groups attached to an aromatic ring is 1. The number of anilines is 1. The Morgan fingerprint density at radius 3 is 2.73 bits per heavy atom. The summed E-state index contributed by atoms with van der Waals surface area (Å²) in [5, 5.41) is 3.94. The van der Waals surface area contributed by atoms with E-state index in [-0.39, 0.29) is 5.92 Å². The molecule has 0 unspecified atom stereocenters. The number of aromatic nitrogens is 2. The first kappa shape index (κ1) is 9.71. The molecular formula is C11H13N3O. The summed E-state index contributed by atoms with van der Waals surface area (Å²) in [6.07, 6.45) is 1.73. The highest BCUT2D eigenvalue weighted by molar-refractivity contribution is 5.64. The van der Waals surface area contributed by atoms with Crippen LogP contribution in [0.25, 0.3) is 11.4 Å². The molecule has 0 aliphatic rings. The molecule has 0 amide bonds. The SMILES string of the molecule is CC(C)c1c(-c2ccccn2)noc1N. The average molecular weight is 203 g/mol. The topological polar surface area (TPSA) is 64.9 Å². The third-order valence-corrected chi connectivity index (χ3v) is 2.24. The summed E-state index contributed by atoms with van der Waals surface area (Å²) in [5.41, 5.74) is 8.18. The van der Waals surface area contributed by atoms with Crippen LogP contribution >= 0.6 is 0 Å². The highest BCUT2D eigenvalue weighted by Gasteiger charge is 2.18. The quantitative estimate of drug-likeness (QED) is 0.814. The van der Waals surface area contributed by atoms with Crippen molar-refractivity contribution in [2.24, 2.45) is 0 Å². The van der Waals surface area contributed by atoms with Gasteiger partial charge in [0, 0.05) is 11.8 Å². The van der Waals surface area contributed by atoms with Gasteiger partial charge >= 0.3 is 0 Å². The van der Waals surface area contributed by atoms with Crippen molar-refractivity contribution in [2.45, 2.75) is 19.8 Å². The first-order valence-corrected chi connectivity index (χ1v) is 4.86. The van der Waals surface area contributed by atoms with Gasteiger partial charge in [-0.15, -0.1) is 0 Å². The average Bonchev–Trinajstić information content (AvgIpc) is 2.61. The van der Waals surface area contributed by atoms with Gasteiger partial charge in [0.15, 0.2) is 0 Å². The molecular weight excluding hydrogens is 190 g/mol. The molecule has 15 heavy (non-hydrogen) atoms. The van der Waals surface area contributed by atoms with Gasteiger partial charge in [0.2, 0.25) is 5.88 Å². The van der Waals surface area contributed by atoms with Crippen molar-refractivity contribution < 1.29 is 4.52 Å². The van der Waals surface area contributed by atoms with Gasteiger partial charge < -0.3 is 10.3 Å². The van der Waals surface area contributed by atoms with Crippen LogP contribution in [0, 0.1) is 0 Å². The van der Waals surface area contributed by atoms with Crippen molar-refractivity contribution in [1.29, 1.82) is 0 Å². The lowest BCUT2D eigenvalue weighted by Gasteiger charge is -2.04. The molecule has 0 aliphatic heterocycles. The first-order valence-electron chi connectivity index (χ1n) is 4.86. The van der Waals surface area contributed by atoms with E-state index in [9.17, 15) is 0 Å². The highest BCUT2D eigenvalue weighted by Crippen LogP contribution is 2.31. The molecule has 0 fully saturated rings. The maximum atomic E-state index is 5.72. The molecule has 4 heteroatoms. The Morgan fingerprint density at radius 1 is 1.33 bits per heavy atom. The second kappa shape index (κ2) is 3.73. The van der Waals surface area contributed by atoms with E-state index < -0.39 is 0 Å². The summed E-state index contributed by atoms with van der Waals surface area (Å²) in [6, 6.07) is 5.67. The summed E-state index contributed by atoms with van der Waals surface area (Å²) in [4.78, 5) is 4.23. The minimum absolute atomic E-state index is 0.272. The van der Waals surface area contributed by atoms with Crippen LogP contribution in [-0.2, 0) is 0 Å². The molecule has 0 bridgehead atoms. The summed E-state index contributed by atoms with van der Waals surface area (Å²) in [6.45, 7) is 4.10. The van der Waals surface area contributed by atoms with E-state index in [2.05, 4.69) is 24.0 Å². The van der Waals surface area contributed by atoms with E-state index >= 15 is 0 Å². The normalized spacial score (nSPS) is 10.9. The van der Waals surface area contributed by atoms with Crippen molar-refractivity contribution >= 4 is 5.88 Å². The lowest BCUT2D eigenvalue weighted by molar-refractivity contribution is 0.438. The molecule has 0 aliphatic carbocycles. The molecule has 2 N–H and O–H groups in total. The Hall–Kier alpha value is -1.84. The first-order chi connectivity index (χ1) is 7.20. The lowest BCUT2D eigenvalue weighted by atomic mass is 10.0. The zero-order valence-corrected chi connectivity index (χ0v) is 8.77. The van der Waals surface area contributed by atoms with Crippen LogP contribution in [0.5, 0.6) is 0 Å². The smallest absolute Gasteiger partial charge is 0.226 e. The van der Waals surface area contributed by atoms with Gasteiger partial charge in [-0.3, -0.25) is 4.98 Å². The Labute approximate surface area is 88.1 Å². The maximum Gasteiger partial charge on any atom is 0.226 e.